The molecule has 0 bridgehead atoms. The summed E-state index contributed by atoms with van der Waals surface area (Å²) in [6, 6.07) is 9.79. The van der Waals surface area contributed by atoms with Crippen molar-refractivity contribution in [3.05, 3.63) is 81.0 Å². The van der Waals surface area contributed by atoms with Gasteiger partial charge in [0.15, 0.2) is 0 Å². The molecule has 7 nitrogen and oxygen atoms in total. The molecule has 1 atom stereocenters. The van der Waals surface area contributed by atoms with E-state index in [1.165, 1.54) is 30.3 Å². The van der Waals surface area contributed by atoms with Crippen LogP contribution in [0.1, 0.15) is 23.5 Å². The average Bonchev–Trinajstić information content (AvgIpc) is 3.08. The molecule has 1 amide bonds. The zero-order valence-corrected chi connectivity index (χ0v) is 15.2. The van der Waals surface area contributed by atoms with Gasteiger partial charge < -0.3 is 4.74 Å². The molecule has 0 aliphatic carbocycles. The van der Waals surface area contributed by atoms with Crippen molar-refractivity contribution in [2.45, 2.75) is 18.5 Å². The minimum atomic E-state index is -4.60. The molecule has 2 aromatic carbocycles. The van der Waals surface area contributed by atoms with Crippen molar-refractivity contribution in [1.82, 2.24) is 0 Å². The van der Waals surface area contributed by atoms with E-state index < -0.39 is 34.5 Å². The summed E-state index contributed by atoms with van der Waals surface area (Å²) in [5.41, 5.74) is -0.514. The van der Waals surface area contributed by atoms with Crippen molar-refractivity contribution in [3.63, 3.8) is 0 Å². The highest BCUT2D eigenvalue weighted by Crippen LogP contribution is 2.43. The van der Waals surface area contributed by atoms with E-state index in [9.17, 15) is 32.9 Å². The SMILES string of the molecule is O=C1OCC2=C1C(c1cccc([N+](=O)[O-])c1)CC(=O)N2c1cccc(C(F)(F)F)c1. The van der Waals surface area contributed by atoms with Crippen LogP contribution in [-0.2, 0) is 20.5 Å². The molecular formula is C20H13F3N2O5. The van der Waals surface area contributed by atoms with Gasteiger partial charge in [0, 0.05) is 30.2 Å². The fourth-order valence-electron chi connectivity index (χ4n) is 3.71. The number of alkyl halides is 3. The Labute approximate surface area is 167 Å². The zero-order chi connectivity index (χ0) is 21.6. The van der Waals surface area contributed by atoms with Crippen LogP contribution in [0, 0.1) is 10.1 Å². The Morgan fingerprint density at radius 2 is 1.83 bits per heavy atom. The quantitative estimate of drug-likeness (QED) is 0.428. The Hall–Kier alpha value is -3.69. The third-order valence-corrected chi connectivity index (χ3v) is 5.03. The summed E-state index contributed by atoms with van der Waals surface area (Å²) in [4.78, 5) is 36.9. The third kappa shape index (κ3) is 3.30. The largest absolute Gasteiger partial charge is 0.456 e. The van der Waals surface area contributed by atoms with Crippen LogP contribution in [0.15, 0.2) is 59.8 Å². The Kier molecular flexibility index (Phi) is 4.56. The number of hydrogen-bond acceptors (Lipinski definition) is 5. The Morgan fingerprint density at radius 3 is 2.53 bits per heavy atom. The van der Waals surface area contributed by atoms with Crippen molar-refractivity contribution in [2.75, 3.05) is 11.5 Å². The summed E-state index contributed by atoms with van der Waals surface area (Å²) in [6.07, 6.45) is -4.84. The first-order valence-corrected chi connectivity index (χ1v) is 8.81. The standard InChI is InChI=1S/C20H13F3N2O5/c21-20(22,23)12-4-2-5-13(8-12)24-16-10-30-19(27)18(16)15(9-17(24)26)11-3-1-6-14(7-11)25(28)29/h1-8,15H,9-10H2. The van der Waals surface area contributed by atoms with Gasteiger partial charge in [0.2, 0.25) is 5.91 Å². The lowest BCUT2D eigenvalue weighted by molar-refractivity contribution is -0.384. The molecule has 2 aliphatic heterocycles. The lowest BCUT2D eigenvalue weighted by Gasteiger charge is -2.32. The number of esters is 1. The number of cyclic esters (lactones) is 1. The number of carbonyl (C=O) groups is 2. The number of anilines is 1. The predicted molar refractivity (Wildman–Crippen MR) is 97.4 cm³/mol. The normalized spacial score (nSPS) is 19.0. The van der Waals surface area contributed by atoms with Gasteiger partial charge in [0.25, 0.3) is 5.69 Å². The molecule has 10 heteroatoms. The van der Waals surface area contributed by atoms with Crippen molar-refractivity contribution in [1.29, 1.82) is 0 Å². The number of carbonyl (C=O) groups excluding carboxylic acids is 2. The molecule has 0 radical (unpaired) electrons. The molecule has 2 heterocycles. The summed E-state index contributed by atoms with van der Waals surface area (Å²) >= 11 is 0. The topological polar surface area (TPSA) is 89.7 Å². The van der Waals surface area contributed by atoms with Crippen LogP contribution in [0.25, 0.3) is 0 Å². The molecule has 154 valence electrons. The monoisotopic (exact) mass is 418 g/mol. The van der Waals surface area contributed by atoms with E-state index in [1.54, 1.807) is 6.07 Å². The number of nitro benzene ring substituents is 1. The molecule has 2 aliphatic rings. The van der Waals surface area contributed by atoms with Gasteiger partial charge >= 0.3 is 12.1 Å². The van der Waals surface area contributed by atoms with Crippen molar-refractivity contribution in [2.24, 2.45) is 0 Å². The highest BCUT2D eigenvalue weighted by atomic mass is 19.4. The molecule has 0 saturated heterocycles. The van der Waals surface area contributed by atoms with E-state index >= 15 is 0 Å². The van der Waals surface area contributed by atoms with Crippen molar-refractivity contribution in [3.8, 4) is 0 Å². The Balaban J connectivity index is 1.81. The van der Waals surface area contributed by atoms with E-state index in [4.69, 9.17) is 4.74 Å². The van der Waals surface area contributed by atoms with E-state index in [0.29, 0.717) is 5.56 Å². The van der Waals surface area contributed by atoms with Gasteiger partial charge in [-0.2, -0.15) is 13.2 Å². The van der Waals surface area contributed by atoms with Crippen LogP contribution in [0.2, 0.25) is 0 Å². The molecule has 2 aromatic rings. The first-order chi connectivity index (χ1) is 14.2. The number of non-ortho nitro benzene ring substituents is 1. The second-order valence-electron chi connectivity index (χ2n) is 6.82. The molecule has 0 saturated carbocycles. The average molecular weight is 418 g/mol. The van der Waals surface area contributed by atoms with Gasteiger partial charge in [-0.25, -0.2) is 4.79 Å². The van der Waals surface area contributed by atoms with E-state index in [0.717, 1.165) is 17.0 Å². The minimum Gasteiger partial charge on any atom is -0.456 e. The second kappa shape index (κ2) is 6.97. The maximum atomic E-state index is 13.1. The van der Waals surface area contributed by atoms with Gasteiger partial charge in [0.1, 0.15) is 6.61 Å². The number of nitro groups is 1. The van der Waals surface area contributed by atoms with Crippen LogP contribution in [0.5, 0.6) is 0 Å². The van der Waals surface area contributed by atoms with Crippen molar-refractivity contribution >= 4 is 23.3 Å². The van der Waals surface area contributed by atoms with E-state index in [2.05, 4.69) is 0 Å². The van der Waals surface area contributed by atoms with Crippen molar-refractivity contribution < 1.29 is 32.4 Å². The van der Waals surface area contributed by atoms with Crippen LogP contribution < -0.4 is 4.90 Å². The number of ether oxygens (including phenoxy) is 1. The number of hydrogen-bond donors (Lipinski definition) is 0. The van der Waals surface area contributed by atoms with E-state index in [1.807, 2.05) is 0 Å². The van der Waals surface area contributed by atoms with E-state index in [-0.39, 0.29) is 35.7 Å². The summed E-state index contributed by atoms with van der Waals surface area (Å²) in [7, 11) is 0. The molecule has 30 heavy (non-hydrogen) atoms. The summed E-state index contributed by atoms with van der Waals surface area (Å²) < 4.78 is 44.4. The van der Waals surface area contributed by atoms with Gasteiger partial charge in [-0.15, -0.1) is 0 Å². The number of rotatable bonds is 3. The van der Waals surface area contributed by atoms with Gasteiger partial charge in [-0.3, -0.25) is 19.8 Å². The Morgan fingerprint density at radius 1 is 1.10 bits per heavy atom. The fourth-order valence-corrected chi connectivity index (χ4v) is 3.71. The highest BCUT2D eigenvalue weighted by Gasteiger charge is 2.43. The fraction of sp³-hybridized carbons (Fsp3) is 0.200. The van der Waals surface area contributed by atoms with Crippen LogP contribution in [0.4, 0.5) is 24.5 Å². The first-order valence-electron chi connectivity index (χ1n) is 8.81. The van der Waals surface area contributed by atoms with Gasteiger partial charge in [-0.05, 0) is 23.8 Å². The lowest BCUT2D eigenvalue weighted by atomic mass is 9.84. The molecule has 0 spiro atoms. The summed E-state index contributed by atoms with van der Waals surface area (Å²) in [6.45, 7) is -0.276. The number of nitrogens with zero attached hydrogens (tertiary/aromatic N) is 2. The summed E-state index contributed by atoms with van der Waals surface area (Å²) in [5, 5.41) is 11.1. The predicted octanol–water partition coefficient (Wildman–Crippen LogP) is 3.95. The van der Waals surface area contributed by atoms with Crippen LogP contribution >= 0.6 is 0 Å². The lowest BCUT2D eigenvalue weighted by Crippen LogP contribution is -2.37. The molecule has 1 unspecified atom stereocenters. The first kappa shape index (κ1) is 19.6. The summed E-state index contributed by atoms with van der Waals surface area (Å²) in [5.74, 6) is -2.03. The zero-order valence-electron chi connectivity index (χ0n) is 15.2. The van der Waals surface area contributed by atoms with Gasteiger partial charge in [0.05, 0.1) is 21.8 Å². The maximum Gasteiger partial charge on any atom is 0.416 e. The maximum absolute atomic E-state index is 13.1. The molecule has 0 N–H and O–H groups in total. The molecule has 0 aromatic heterocycles. The van der Waals surface area contributed by atoms with Gasteiger partial charge in [-0.1, -0.05) is 18.2 Å². The van der Waals surface area contributed by atoms with Crippen LogP contribution in [-0.4, -0.2) is 23.4 Å². The molecule has 4 rings (SSSR count). The molecular weight excluding hydrogens is 405 g/mol. The number of benzene rings is 2. The smallest absolute Gasteiger partial charge is 0.416 e. The minimum absolute atomic E-state index is 0.0295. The molecule has 0 fully saturated rings. The second-order valence-corrected chi connectivity index (χ2v) is 6.82. The number of halogens is 3. The third-order valence-electron chi connectivity index (χ3n) is 5.03. The van der Waals surface area contributed by atoms with Crippen LogP contribution in [0.3, 0.4) is 0 Å². The number of amides is 1. The highest BCUT2D eigenvalue weighted by molar-refractivity contribution is 6.06. The Bertz CT molecular complexity index is 1110.